The average molecular weight is 580 g/mol. The number of hydrogen-bond donors (Lipinski definition) is 1. The number of allylic oxidation sites excluding steroid dienone is 1. The number of rotatable bonds is 9. The number of aliphatic carboxylic acids is 2. The summed E-state index contributed by atoms with van der Waals surface area (Å²) in [7, 11) is 0. The van der Waals surface area contributed by atoms with Crippen molar-refractivity contribution in [3.63, 3.8) is 0 Å². The molecule has 2 saturated heterocycles. The Hall–Kier alpha value is -1.40. The van der Waals surface area contributed by atoms with Crippen LogP contribution >= 0.6 is 23.5 Å². The first kappa shape index (κ1) is 31.1. The van der Waals surface area contributed by atoms with Gasteiger partial charge in [0.2, 0.25) is 17.0 Å². The Labute approximate surface area is 268 Å². The molecular weight excluding hydrogens is 560 g/mol. The molecule has 3 fully saturated rings. The summed E-state index contributed by atoms with van der Waals surface area (Å²) in [5.74, 6) is -4.12. The van der Waals surface area contributed by atoms with E-state index in [0.29, 0.717) is 24.1 Å². The summed E-state index contributed by atoms with van der Waals surface area (Å²) in [6.45, 7) is 0.0279. The van der Waals surface area contributed by atoms with Crippen molar-refractivity contribution in [2.75, 3.05) is 18.1 Å². The molecule has 4 heterocycles. The average Bonchev–Trinajstić information content (AvgIpc) is 3.48. The monoisotopic (exact) mass is 579 g/mol. The number of carboxylic acid groups (broad SMARTS) is 2. The molecule has 0 radical (unpaired) electrons. The molecule has 14 nitrogen and oxygen atoms in total. The second kappa shape index (κ2) is 12.8. The number of tetrazole rings is 1. The molecule has 5 rings (SSSR count). The number of nitrogens with zero attached hydrogens (tertiary/aromatic N) is 6. The van der Waals surface area contributed by atoms with Crippen LogP contribution in [0.25, 0.3) is 0 Å². The van der Waals surface area contributed by atoms with Crippen LogP contribution < -0.4 is 74.6 Å². The quantitative estimate of drug-likeness (QED) is 0.126. The third kappa shape index (κ3) is 6.32. The largest absolute Gasteiger partial charge is 1.00 e. The van der Waals surface area contributed by atoms with Crippen molar-refractivity contribution in [2.45, 2.75) is 48.4 Å². The molecule has 3 amide bonds. The summed E-state index contributed by atoms with van der Waals surface area (Å²) in [5.41, 5.74) is 0.575. The van der Waals surface area contributed by atoms with Gasteiger partial charge in [-0.1, -0.05) is 11.8 Å². The van der Waals surface area contributed by atoms with Gasteiger partial charge in [0, 0.05) is 23.9 Å². The van der Waals surface area contributed by atoms with E-state index < -0.39 is 41.7 Å². The molecule has 1 N–H and O–H groups in total. The zero-order chi connectivity index (χ0) is 25.6. The van der Waals surface area contributed by atoms with E-state index in [1.165, 1.54) is 11.8 Å². The fourth-order valence-corrected chi connectivity index (χ4v) is 6.32. The molecule has 38 heavy (non-hydrogen) atoms. The first-order valence-electron chi connectivity index (χ1n) is 11.0. The third-order valence-corrected chi connectivity index (χ3v) is 8.37. The fraction of sp³-hybridized carbons (Fsp3) is 0.500. The number of fused-ring (bicyclic) bond motifs is 1. The SMILES string of the molecule is O=C([O-])Cn1nnnc1SCC(=O)N[C@@H]1C(=O)N2C(C(=O)[O-])=C(/C=C3\CCN(C4CC4)C3=O)CS[C@H]12.[Na+].[Na+]. The van der Waals surface area contributed by atoms with Crippen molar-refractivity contribution >= 4 is 53.2 Å². The van der Waals surface area contributed by atoms with E-state index in [2.05, 4.69) is 20.8 Å². The van der Waals surface area contributed by atoms with Crippen LogP contribution in [-0.2, 0) is 30.5 Å². The van der Waals surface area contributed by atoms with Crippen molar-refractivity contribution in [3.05, 3.63) is 22.9 Å². The zero-order valence-electron chi connectivity index (χ0n) is 20.6. The van der Waals surface area contributed by atoms with Gasteiger partial charge in [0.1, 0.15) is 11.4 Å². The number of aromatic nitrogens is 4. The third-order valence-electron chi connectivity index (χ3n) is 6.11. The molecule has 0 spiro atoms. The Morgan fingerprint density at radius 2 is 1.92 bits per heavy atom. The molecule has 2 atom stereocenters. The van der Waals surface area contributed by atoms with E-state index in [9.17, 15) is 34.2 Å². The normalized spacial score (nSPS) is 23.4. The summed E-state index contributed by atoms with van der Waals surface area (Å²) in [4.78, 5) is 63.5. The molecule has 4 aliphatic rings. The van der Waals surface area contributed by atoms with Gasteiger partial charge in [-0.2, -0.15) is 0 Å². The molecule has 1 saturated carbocycles. The van der Waals surface area contributed by atoms with Gasteiger partial charge < -0.3 is 30.0 Å². The minimum atomic E-state index is -1.52. The van der Waals surface area contributed by atoms with Crippen LogP contribution in [0.15, 0.2) is 28.1 Å². The molecule has 1 aliphatic carbocycles. The summed E-state index contributed by atoms with van der Waals surface area (Å²) >= 11 is 2.16. The van der Waals surface area contributed by atoms with Gasteiger partial charge in [0.15, 0.2) is 0 Å². The second-order valence-electron chi connectivity index (χ2n) is 8.55. The number of β-lactam (4-membered cyclic amide) rings is 1. The van der Waals surface area contributed by atoms with E-state index in [-0.39, 0.29) is 93.4 Å². The maximum atomic E-state index is 12.8. The van der Waals surface area contributed by atoms with Crippen LogP contribution in [0.4, 0.5) is 0 Å². The van der Waals surface area contributed by atoms with Crippen molar-refractivity contribution in [2.24, 2.45) is 0 Å². The number of amides is 3. The van der Waals surface area contributed by atoms with Gasteiger partial charge in [0.05, 0.1) is 29.9 Å². The van der Waals surface area contributed by atoms with Gasteiger partial charge in [-0.15, -0.1) is 16.9 Å². The molecule has 18 heteroatoms. The van der Waals surface area contributed by atoms with Gasteiger partial charge in [-0.25, -0.2) is 4.68 Å². The number of hydrogen-bond acceptors (Lipinski definition) is 12. The Kier molecular flexibility index (Phi) is 10.5. The Morgan fingerprint density at radius 3 is 2.58 bits per heavy atom. The van der Waals surface area contributed by atoms with Crippen LogP contribution in [-0.4, -0.2) is 95.2 Å². The van der Waals surface area contributed by atoms with Gasteiger partial charge in [-0.05, 0) is 41.3 Å². The molecule has 1 aromatic heterocycles. The number of nitrogens with one attached hydrogen (secondary N) is 1. The molecule has 1 aromatic rings. The Morgan fingerprint density at radius 1 is 1.18 bits per heavy atom. The second-order valence-corrected chi connectivity index (χ2v) is 10.6. The minimum Gasteiger partial charge on any atom is -0.548 e. The smallest absolute Gasteiger partial charge is 0.548 e. The number of carbonyl (C=O) groups excluding carboxylic acids is 5. The molecule has 0 unspecified atom stereocenters. The maximum Gasteiger partial charge on any atom is 1.00 e. The Bertz CT molecular complexity index is 1240. The molecular formula is C20H19N7Na2O7S2. The number of thioether (sulfide) groups is 2. The first-order chi connectivity index (χ1) is 17.2. The van der Waals surface area contributed by atoms with Crippen molar-refractivity contribution in [1.29, 1.82) is 0 Å². The predicted octanol–water partition coefficient (Wildman–Crippen LogP) is -9.75. The van der Waals surface area contributed by atoms with E-state index in [1.807, 2.05) is 0 Å². The Balaban J connectivity index is 0.00000200. The number of carbonyl (C=O) groups is 5. The van der Waals surface area contributed by atoms with Crippen LogP contribution in [0.1, 0.15) is 19.3 Å². The molecule has 190 valence electrons. The molecule has 0 aromatic carbocycles. The van der Waals surface area contributed by atoms with Gasteiger partial charge in [0.25, 0.3) is 5.91 Å². The fourth-order valence-electron chi connectivity index (χ4n) is 4.32. The standard InChI is InChI=1S/C20H21N7O7S2.2Na/c28-12(8-36-20-22-23-24-26(20)6-13(29)30)21-14-17(32)27-15(19(33)34)10(7-35-18(14)27)5-9-3-4-25(16(9)31)11-1-2-11;;/h5,11,14,18H,1-4,6-8H2,(H,21,28)(H,29,30)(H,33,34);;/q;2*+1/p-2/b9-5+;;/t14-,18-;;/m1../s1. The minimum absolute atomic E-state index is 0. The van der Waals surface area contributed by atoms with Gasteiger partial charge >= 0.3 is 59.1 Å². The van der Waals surface area contributed by atoms with E-state index in [1.54, 1.807) is 11.0 Å². The van der Waals surface area contributed by atoms with Crippen LogP contribution in [0.5, 0.6) is 0 Å². The number of carboxylic acids is 2. The van der Waals surface area contributed by atoms with Crippen LogP contribution in [0.3, 0.4) is 0 Å². The van der Waals surface area contributed by atoms with Crippen molar-refractivity contribution in [3.8, 4) is 0 Å². The summed E-state index contributed by atoms with van der Waals surface area (Å²) < 4.78 is 0.965. The zero-order valence-corrected chi connectivity index (χ0v) is 26.2. The van der Waals surface area contributed by atoms with E-state index >= 15 is 0 Å². The molecule has 3 aliphatic heterocycles. The van der Waals surface area contributed by atoms with E-state index in [4.69, 9.17) is 0 Å². The van der Waals surface area contributed by atoms with E-state index in [0.717, 1.165) is 34.2 Å². The maximum absolute atomic E-state index is 12.8. The first-order valence-corrected chi connectivity index (χ1v) is 13.1. The topological polar surface area (TPSA) is 194 Å². The van der Waals surface area contributed by atoms with Crippen LogP contribution in [0.2, 0.25) is 0 Å². The number of likely N-dealkylation sites (tertiary alicyclic amines) is 1. The predicted molar refractivity (Wildman–Crippen MR) is 118 cm³/mol. The summed E-state index contributed by atoms with van der Waals surface area (Å²) in [6, 6.07) is -0.672. The van der Waals surface area contributed by atoms with Crippen LogP contribution in [0, 0.1) is 0 Å². The summed E-state index contributed by atoms with van der Waals surface area (Å²) in [5, 5.41) is 35.2. The van der Waals surface area contributed by atoms with Crippen molar-refractivity contribution in [1.82, 2.24) is 35.3 Å². The van der Waals surface area contributed by atoms with Crippen molar-refractivity contribution < 1.29 is 93.3 Å². The summed E-state index contributed by atoms with van der Waals surface area (Å²) in [6.07, 6.45) is 4.04. The molecule has 0 bridgehead atoms. The van der Waals surface area contributed by atoms with Gasteiger partial charge in [-0.3, -0.25) is 19.3 Å².